The lowest BCUT2D eigenvalue weighted by atomic mass is 10.0. The summed E-state index contributed by atoms with van der Waals surface area (Å²) in [6, 6.07) is 16.0. The number of fused-ring (bicyclic) bond motifs is 1. The van der Waals surface area contributed by atoms with Crippen LogP contribution in [0.3, 0.4) is 0 Å². The molecule has 1 aliphatic heterocycles. The number of allylic oxidation sites excluding steroid dienone is 2. The van der Waals surface area contributed by atoms with Gasteiger partial charge in [-0.15, -0.1) is 0 Å². The molecule has 1 heterocycles. The van der Waals surface area contributed by atoms with E-state index in [0.29, 0.717) is 17.6 Å². The fourth-order valence-electron chi connectivity index (χ4n) is 4.85. The van der Waals surface area contributed by atoms with E-state index >= 15 is 0 Å². The Bertz CT molecular complexity index is 1120. The molecule has 0 bridgehead atoms. The minimum Gasteiger partial charge on any atom is -0.303 e. The Kier molecular flexibility index (Phi) is 7.25. The molecule has 0 N–H and O–H groups in total. The number of likely N-dealkylation sites (tertiary alicyclic amines) is 1. The average molecular weight is 467 g/mol. The molecule has 2 aliphatic rings. The Morgan fingerprint density at radius 2 is 1.88 bits per heavy atom. The zero-order valence-electron chi connectivity index (χ0n) is 19.5. The van der Waals surface area contributed by atoms with E-state index in [1.54, 1.807) is 6.26 Å². The van der Waals surface area contributed by atoms with Crippen LogP contribution in [-0.4, -0.2) is 52.6 Å². The molecule has 2 aromatic carbocycles. The van der Waals surface area contributed by atoms with Gasteiger partial charge in [-0.3, -0.25) is 9.00 Å². The van der Waals surface area contributed by atoms with Gasteiger partial charge in [0.25, 0.3) is 5.91 Å². The van der Waals surface area contributed by atoms with Crippen LogP contribution in [0.15, 0.2) is 59.0 Å². The lowest BCUT2D eigenvalue weighted by Crippen LogP contribution is -2.31. The van der Waals surface area contributed by atoms with Gasteiger partial charge in [0.05, 0.1) is 13.0 Å². The lowest BCUT2D eigenvalue weighted by Gasteiger charge is -2.21. The third kappa shape index (κ3) is 5.17. The number of hydrogen-bond acceptors (Lipinski definition) is 3. The SMILES string of the molecule is CC1=C(CC(=O)N(F)CCC2CCCN2C)c2ccccc2C1=Cc1ccc(S(C)=O)cc1. The highest BCUT2D eigenvalue weighted by molar-refractivity contribution is 7.84. The van der Waals surface area contributed by atoms with E-state index in [-0.39, 0.29) is 13.0 Å². The number of carbonyl (C=O) groups excluding carboxylic acids is 1. The van der Waals surface area contributed by atoms with E-state index in [2.05, 4.69) is 18.0 Å². The first-order chi connectivity index (χ1) is 15.8. The summed E-state index contributed by atoms with van der Waals surface area (Å²) in [5.74, 6) is -0.490. The number of benzene rings is 2. The summed E-state index contributed by atoms with van der Waals surface area (Å²) in [4.78, 5) is 15.8. The quantitative estimate of drug-likeness (QED) is 0.517. The molecule has 2 unspecified atom stereocenters. The summed E-state index contributed by atoms with van der Waals surface area (Å²) in [5.41, 5.74) is 5.96. The predicted octanol–water partition coefficient (Wildman–Crippen LogP) is 5.34. The van der Waals surface area contributed by atoms with E-state index in [0.717, 1.165) is 57.7 Å². The minimum absolute atomic E-state index is 0.0466. The van der Waals surface area contributed by atoms with Crippen molar-refractivity contribution < 1.29 is 13.5 Å². The summed E-state index contributed by atoms with van der Waals surface area (Å²) >= 11 is 0. The summed E-state index contributed by atoms with van der Waals surface area (Å²) in [6.07, 6.45) is 6.66. The maximum absolute atomic E-state index is 14.7. The predicted molar refractivity (Wildman–Crippen MR) is 133 cm³/mol. The Morgan fingerprint density at radius 1 is 1.18 bits per heavy atom. The van der Waals surface area contributed by atoms with Crippen molar-refractivity contribution in [2.45, 2.75) is 43.5 Å². The van der Waals surface area contributed by atoms with E-state index < -0.39 is 16.7 Å². The van der Waals surface area contributed by atoms with Gasteiger partial charge in [-0.1, -0.05) is 40.9 Å². The summed E-state index contributed by atoms with van der Waals surface area (Å²) in [5, 5.41) is 0.403. The van der Waals surface area contributed by atoms with Crippen molar-refractivity contribution in [3.05, 3.63) is 70.8 Å². The van der Waals surface area contributed by atoms with Crippen LogP contribution in [0.2, 0.25) is 0 Å². The Hall–Kier alpha value is -2.57. The number of halogens is 1. The molecule has 0 saturated carbocycles. The molecule has 4 rings (SSSR count). The van der Waals surface area contributed by atoms with Crippen molar-refractivity contribution in [3.63, 3.8) is 0 Å². The number of hydrogen-bond donors (Lipinski definition) is 0. The van der Waals surface area contributed by atoms with Crippen LogP contribution in [0, 0.1) is 0 Å². The van der Waals surface area contributed by atoms with Crippen molar-refractivity contribution in [2.75, 3.05) is 26.4 Å². The van der Waals surface area contributed by atoms with Gasteiger partial charge in [-0.2, -0.15) is 5.12 Å². The highest BCUT2D eigenvalue weighted by Crippen LogP contribution is 2.43. The number of rotatable bonds is 7. The maximum Gasteiger partial charge on any atom is 0.254 e. The van der Waals surface area contributed by atoms with Gasteiger partial charge in [-0.05, 0) is 91.4 Å². The molecular formula is C27H31FN2O2S. The molecule has 4 nitrogen and oxygen atoms in total. The zero-order chi connectivity index (χ0) is 23.5. The normalized spacial score (nSPS) is 20.4. The van der Waals surface area contributed by atoms with Crippen LogP contribution in [-0.2, 0) is 15.6 Å². The summed E-state index contributed by atoms with van der Waals surface area (Å²) < 4.78 is 26.4. The fourth-order valence-corrected chi connectivity index (χ4v) is 5.37. The molecule has 1 fully saturated rings. The van der Waals surface area contributed by atoms with Crippen molar-refractivity contribution in [2.24, 2.45) is 0 Å². The van der Waals surface area contributed by atoms with E-state index in [4.69, 9.17) is 0 Å². The first-order valence-corrected chi connectivity index (χ1v) is 13.0. The van der Waals surface area contributed by atoms with Crippen LogP contribution < -0.4 is 0 Å². The van der Waals surface area contributed by atoms with Crippen LogP contribution in [0.5, 0.6) is 0 Å². The van der Waals surface area contributed by atoms with Gasteiger partial charge in [0.2, 0.25) is 0 Å². The van der Waals surface area contributed by atoms with Gasteiger partial charge in [0, 0.05) is 28.0 Å². The lowest BCUT2D eigenvalue weighted by molar-refractivity contribution is -0.145. The van der Waals surface area contributed by atoms with Crippen LogP contribution in [0.4, 0.5) is 4.48 Å². The van der Waals surface area contributed by atoms with E-state index in [9.17, 15) is 13.5 Å². The minimum atomic E-state index is -1.02. The summed E-state index contributed by atoms with van der Waals surface area (Å²) in [7, 11) is 1.05. The monoisotopic (exact) mass is 466 g/mol. The molecule has 1 amide bonds. The maximum atomic E-state index is 14.7. The van der Waals surface area contributed by atoms with Crippen molar-refractivity contribution >= 4 is 33.9 Å². The van der Waals surface area contributed by atoms with E-state index in [1.807, 2.05) is 55.5 Å². The smallest absolute Gasteiger partial charge is 0.254 e. The molecule has 0 aromatic heterocycles. The van der Waals surface area contributed by atoms with Gasteiger partial charge in [0.15, 0.2) is 0 Å². The number of nitrogens with zero attached hydrogens (tertiary/aromatic N) is 2. The van der Waals surface area contributed by atoms with Crippen molar-refractivity contribution in [1.29, 1.82) is 0 Å². The molecule has 2 atom stereocenters. The molecule has 174 valence electrons. The molecule has 0 radical (unpaired) electrons. The van der Waals surface area contributed by atoms with Crippen LogP contribution in [0.25, 0.3) is 17.2 Å². The van der Waals surface area contributed by atoms with Gasteiger partial charge in [-0.25, -0.2) is 0 Å². The Morgan fingerprint density at radius 3 is 2.52 bits per heavy atom. The first-order valence-electron chi connectivity index (χ1n) is 11.5. The van der Waals surface area contributed by atoms with Gasteiger partial charge < -0.3 is 4.90 Å². The fraction of sp³-hybridized carbons (Fsp3) is 0.370. The van der Waals surface area contributed by atoms with E-state index in [1.165, 1.54) is 0 Å². The molecule has 1 aliphatic carbocycles. The van der Waals surface area contributed by atoms with Crippen LogP contribution in [0.1, 0.15) is 49.3 Å². The largest absolute Gasteiger partial charge is 0.303 e. The third-order valence-corrected chi connectivity index (χ3v) is 7.79. The molecular weight excluding hydrogens is 435 g/mol. The summed E-state index contributed by atoms with van der Waals surface area (Å²) in [6.45, 7) is 3.18. The molecule has 6 heteroatoms. The second-order valence-corrected chi connectivity index (χ2v) is 10.3. The average Bonchev–Trinajstić information content (AvgIpc) is 3.34. The molecule has 0 spiro atoms. The van der Waals surface area contributed by atoms with Crippen LogP contribution >= 0.6 is 0 Å². The van der Waals surface area contributed by atoms with Crippen molar-refractivity contribution in [3.8, 4) is 0 Å². The Balaban J connectivity index is 1.53. The second kappa shape index (κ2) is 10.1. The van der Waals surface area contributed by atoms with Gasteiger partial charge in [0.1, 0.15) is 0 Å². The number of carbonyl (C=O) groups is 1. The standard InChI is InChI=1S/C27H31FN2O2S/c1-19-25(17-20-10-12-22(13-11-20)33(3)32)23-8-4-5-9-24(23)26(19)18-27(31)30(28)16-14-21-7-6-15-29(21)2/h4-5,8-13,17,21H,6-7,14-16,18H2,1-3H3. The zero-order valence-corrected chi connectivity index (χ0v) is 20.3. The highest BCUT2D eigenvalue weighted by Gasteiger charge is 2.28. The second-order valence-electron chi connectivity index (χ2n) is 8.95. The first kappa shape index (κ1) is 23.6. The molecule has 33 heavy (non-hydrogen) atoms. The van der Waals surface area contributed by atoms with Crippen molar-refractivity contribution in [1.82, 2.24) is 10.0 Å². The highest BCUT2D eigenvalue weighted by atomic mass is 32.2. The van der Waals surface area contributed by atoms with Gasteiger partial charge >= 0.3 is 0 Å². The topological polar surface area (TPSA) is 40.6 Å². The number of amides is 1. The third-order valence-electron chi connectivity index (χ3n) is 6.85. The molecule has 2 aromatic rings. The molecule has 1 saturated heterocycles. The Labute approximate surface area is 198 Å².